The maximum atomic E-state index is 12.5. The molecule has 108 valence electrons. The number of piperidine rings is 1. The number of nitrogens with zero attached hydrogens (tertiary/aromatic N) is 2. The van der Waals surface area contributed by atoms with Crippen molar-refractivity contribution in [2.24, 2.45) is 5.92 Å². The maximum absolute atomic E-state index is 12.5. The molecule has 2 aliphatic heterocycles. The van der Waals surface area contributed by atoms with Crippen molar-refractivity contribution >= 4 is 11.6 Å². The van der Waals surface area contributed by atoms with Gasteiger partial charge in [-0.3, -0.25) is 4.79 Å². The summed E-state index contributed by atoms with van der Waals surface area (Å²) in [7, 11) is 0. The largest absolute Gasteiger partial charge is 0.359 e. The summed E-state index contributed by atoms with van der Waals surface area (Å²) >= 11 is 0. The summed E-state index contributed by atoms with van der Waals surface area (Å²) in [6.45, 7) is 6.90. The molecule has 3 heteroatoms. The van der Waals surface area contributed by atoms with Crippen molar-refractivity contribution in [1.82, 2.24) is 4.90 Å². The van der Waals surface area contributed by atoms with Gasteiger partial charge in [-0.1, -0.05) is 25.1 Å². The Kier molecular flexibility index (Phi) is 3.68. The Labute approximate surface area is 121 Å². The lowest BCUT2D eigenvalue weighted by Crippen LogP contribution is -2.45. The number of hydrogen-bond donors (Lipinski definition) is 0. The maximum Gasteiger partial charge on any atom is 0.242 e. The molecular formula is C17H24N2O. The Bertz CT molecular complexity index is 492. The highest BCUT2D eigenvalue weighted by Crippen LogP contribution is 2.31. The number of likely N-dealkylation sites (tertiary alicyclic amines) is 1. The number of benzene rings is 1. The van der Waals surface area contributed by atoms with Crippen LogP contribution in [0.2, 0.25) is 0 Å². The van der Waals surface area contributed by atoms with Crippen LogP contribution in [0.5, 0.6) is 0 Å². The number of hydrogen-bond acceptors (Lipinski definition) is 2. The van der Waals surface area contributed by atoms with Gasteiger partial charge in [-0.15, -0.1) is 0 Å². The summed E-state index contributed by atoms with van der Waals surface area (Å²) in [6, 6.07) is 8.91. The average Bonchev–Trinajstić information content (AvgIpc) is 2.76. The lowest BCUT2D eigenvalue weighted by molar-refractivity contribution is -0.131. The molecule has 2 aliphatic rings. The second-order valence-electron chi connectivity index (χ2n) is 6.37. The minimum atomic E-state index is 0.292. The topological polar surface area (TPSA) is 23.6 Å². The van der Waals surface area contributed by atoms with E-state index in [1.54, 1.807) is 0 Å². The highest BCUT2D eigenvalue weighted by atomic mass is 16.2. The van der Waals surface area contributed by atoms with Crippen LogP contribution in [0, 0.1) is 5.92 Å². The van der Waals surface area contributed by atoms with Crippen molar-refractivity contribution in [1.29, 1.82) is 0 Å². The summed E-state index contributed by atoms with van der Waals surface area (Å²) in [5.74, 6) is 1.06. The Morgan fingerprint density at radius 3 is 2.65 bits per heavy atom. The summed E-state index contributed by atoms with van der Waals surface area (Å²) in [5, 5.41) is 0. The van der Waals surface area contributed by atoms with Crippen LogP contribution in [-0.4, -0.2) is 36.5 Å². The molecule has 3 rings (SSSR count). The summed E-state index contributed by atoms with van der Waals surface area (Å²) in [4.78, 5) is 16.8. The number of para-hydroxylation sites is 1. The van der Waals surface area contributed by atoms with Crippen LogP contribution >= 0.6 is 0 Å². The molecule has 0 spiro atoms. The summed E-state index contributed by atoms with van der Waals surface area (Å²) in [5.41, 5.74) is 2.62. The molecule has 20 heavy (non-hydrogen) atoms. The monoisotopic (exact) mass is 272 g/mol. The van der Waals surface area contributed by atoms with E-state index in [1.165, 1.54) is 11.3 Å². The Balaban J connectivity index is 1.67. The van der Waals surface area contributed by atoms with E-state index in [1.807, 2.05) is 4.90 Å². The fourth-order valence-corrected chi connectivity index (χ4v) is 3.37. The summed E-state index contributed by atoms with van der Waals surface area (Å²) in [6.07, 6.45) is 3.36. The van der Waals surface area contributed by atoms with E-state index in [4.69, 9.17) is 0 Å². The SMILES string of the molecule is CC1CCN(C(=O)CN2c3ccccc3CC2C)CC1. The van der Waals surface area contributed by atoms with Crippen molar-refractivity contribution in [2.75, 3.05) is 24.5 Å². The van der Waals surface area contributed by atoms with Crippen molar-refractivity contribution in [3.05, 3.63) is 29.8 Å². The van der Waals surface area contributed by atoms with Crippen LogP contribution in [0.15, 0.2) is 24.3 Å². The van der Waals surface area contributed by atoms with Gasteiger partial charge in [-0.05, 0) is 43.7 Å². The minimum Gasteiger partial charge on any atom is -0.359 e. The van der Waals surface area contributed by atoms with E-state index in [2.05, 4.69) is 43.0 Å². The molecule has 1 saturated heterocycles. The highest BCUT2D eigenvalue weighted by Gasteiger charge is 2.29. The van der Waals surface area contributed by atoms with Crippen LogP contribution in [-0.2, 0) is 11.2 Å². The molecule has 0 saturated carbocycles. The Morgan fingerprint density at radius 2 is 1.90 bits per heavy atom. The highest BCUT2D eigenvalue weighted by molar-refractivity contribution is 5.82. The van der Waals surface area contributed by atoms with Gasteiger partial charge in [0.1, 0.15) is 0 Å². The van der Waals surface area contributed by atoms with Gasteiger partial charge in [0.25, 0.3) is 0 Å². The molecule has 0 N–H and O–H groups in total. The molecule has 0 aliphatic carbocycles. The number of amides is 1. The molecule has 1 fully saturated rings. The lowest BCUT2D eigenvalue weighted by atomic mass is 9.99. The molecule has 0 aromatic heterocycles. The second-order valence-corrected chi connectivity index (χ2v) is 6.37. The predicted octanol–water partition coefficient (Wildman–Crippen LogP) is 2.70. The van der Waals surface area contributed by atoms with Crippen molar-refractivity contribution < 1.29 is 4.79 Å². The first-order chi connectivity index (χ1) is 9.65. The van der Waals surface area contributed by atoms with Crippen molar-refractivity contribution in [3.8, 4) is 0 Å². The van der Waals surface area contributed by atoms with Crippen LogP contribution in [0.25, 0.3) is 0 Å². The molecule has 1 aromatic carbocycles. The number of anilines is 1. The van der Waals surface area contributed by atoms with Gasteiger partial charge >= 0.3 is 0 Å². The van der Waals surface area contributed by atoms with E-state index in [9.17, 15) is 4.79 Å². The lowest BCUT2D eigenvalue weighted by Gasteiger charge is -2.33. The molecular weight excluding hydrogens is 248 g/mol. The van der Waals surface area contributed by atoms with Gasteiger partial charge in [0.15, 0.2) is 0 Å². The molecule has 1 atom stereocenters. The number of carbonyl (C=O) groups excluding carboxylic acids is 1. The van der Waals surface area contributed by atoms with Gasteiger partial charge < -0.3 is 9.80 Å². The third kappa shape index (κ3) is 2.54. The normalized spacial score (nSPS) is 23.0. The van der Waals surface area contributed by atoms with Crippen LogP contribution < -0.4 is 4.90 Å². The third-order valence-electron chi connectivity index (χ3n) is 4.79. The Hall–Kier alpha value is -1.51. The number of rotatable bonds is 2. The molecule has 3 nitrogen and oxygen atoms in total. The van der Waals surface area contributed by atoms with Crippen molar-refractivity contribution in [3.63, 3.8) is 0 Å². The molecule has 2 heterocycles. The van der Waals surface area contributed by atoms with E-state index < -0.39 is 0 Å². The molecule has 1 unspecified atom stereocenters. The standard InChI is InChI=1S/C17H24N2O/c1-13-7-9-18(10-8-13)17(20)12-19-14(2)11-15-5-3-4-6-16(15)19/h3-6,13-14H,7-12H2,1-2H3. The zero-order valence-corrected chi connectivity index (χ0v) is 12.5. The minimum absolute atomic E-state index is 0.292. The van der Waals surface area contributed by atoms with Gasteiger partial charge in [0.05, 0.1) is 6.54 Å². The van der Waals surface area contributed by atoms with Crippen LogP contribution in [0.4, 0.5) is 5.69 Å². The average molecular weight is 272 g/mol. The van der Waals surface area contributed by atoms with Gasteiger partial charge in [-0.2, -0.15) is 0 Å². The van der Waals surface area contributed by atoms with Gasteiger partial charge in [-0.25, -0.2) is 0 Å². The predicted molar refractivity (Wildman–Crippen MR) is 81.9 cm³/mol. The Morgan fingerprint density at radius 1 is 1.20 bits per heavy atom. The quantitative estimate of drug-likeness (QED) is 0.826. The smallest absolute Gasteiger partial charge is 0.242 e. The summed E-state index contributed by atoms with van der Waals surface area (Å²) < 4.78 is 0. The van der Waals surface area contributed by atoms with Crippen LogP contribution in [0.1, 0.15) is 32.3 Å². The first kappa shape index (κ1) is 13.5. The van der Waals surface area contributed by atoms with Crippen molar-refractivity contribution in [2.45, 2.75) is 39.2 Å². The first-order valence-corrected chi connectivity index (χ1v) is 7.77. The zero-order valence-electron chi connectivity index (χ0n) is 12.5. The van der Waals surface area contributed by atoms with E-state index in [0.717, 1.165) is 38.3 Å². The fourth-order valence-electron chi connectivity index (χ4n) is 3.37. The zero-order chi connectivity index (χ0) is 14.1. The molecule has 0 bridgehead atoms. The number of fused-ring (bicyclic) bond motifs is 1. The molecule has 1 aromatic rings. The van der Waals surface area contributed by atoms with Gasteiger partial charge in [0, 0.05) is 24.8 Å². The first-order valence-electron chi connectivity index (χ1n) is 7.77. The van der Waals surface area contributed by atoms with E-state index in [-0.39, 0.29) is 0 Å². The molecule has 0 radical (unpaired) electrons. The molecule has 1 amide bonds. The fraction of sp³-hybridized carbons (Fsp3) is 0.588. The van der Waals surface area contributed by atoms with Crippen LogP contribution in [0.3, 0.4) is 0 Å². The second kappa shape index (κ2) is 5.47. The van der Waals surface area contributed by atoms with E-state index >= 15 is 0 Å². The third-order valence-corrected chi connectivity index (χ3v) is 4.79. The number of carbonyl (C=O) groups is 1. The van der Waals surface area contributed by atoms with E-state index in [0.29, 0.717) is 18.5 Å². The van der Waals surface area contributed by atoms with Gasteiger partial charge in [0.2, 0.25) is 5.91 Å².